The van der Waals surface area contributed by atoms with Crippen LogP contribution in [0, 0.1) is 5.82 Å². The Hall–Kier alpha value is -2.35. The lowest BCUT2D eigenvalue weighted by atomic mass is 9.95. The van der Waals surface area contributed by atoms with Crippen LogP contribution in [-0.4, -0.2) is 28.1 Å². The summed E-state index contributed by atoms with van der Waals surface area (Å²) < 4.78 is 12.9. The van der Waals surface area contributed by atoms with Crippen LogP contribution in [0.4, 0.5) is 10.1 Å². The molecule has 0 radical (unpaired) electrons. The minimum Gasteiger partial charge on any atom is -0.347 e. The van der Waals surface area contributed by atoms with Gasteiger partial charge < -0.3 is 10.6 Å². The van der Waals surface area contributed by atoms with Crippen LogP contribution in [0.15, 0.2) is 24.3 Å². The normalized spacial score (nSPS) is 15.0. The summed E-state index contributed by atoms with van der Waals surface area (Å²) in [6, 6.07) is 5.57. The largest absolute Gasteiger partial charge is 0.347 e. The summed E-state index contributed by atoms with van der Waals surface area (Å²) in [6.45, 7) is 0. The smallest absolute Gasteiger partial charge is 0.286 e. The summed E-state index contributed by atoms with van der Waals surface area (Å²) >= 11 is 0.940. The zero-order valence-corrected chi connectivity index (χ0v) is 13.7. The number of carbonyl (C=O) groups is 2. The molecule has 8 heteroatoms. The molecule has 2 aromatic rings. The van der Waals surface area contributed by atoms with E-state index in [1.807, 2.05) is 0 Å². The van der Waals surface area contributed by atoms with E-state index in [9.17, 15) is 14.0 Å². The van der Waals surface area contributed by atoms with E-state index in [1.54, 1.807) is 0 Å². The predicted molar refractivity (Wildman–Crippen MR) is 88.6 cm³/mol. The maximum absolute atomic E-state index is 12.9. The standard InChI is InChI=1S/C16H17FN4O2S/c17-10-6-8-12(9-7-10)19-14(23)16-21-20-15(24-16)13(22)18-11-4-2-1-3-5-11/h6-9,11H,1-5H2,(H,18,22)(H,19,23). The number of carbonyl (C=O) groups excluding carboxylic acids is 2. The Morgan fingerprint density at radius 2 is 1.62 bits per heavy atom. The highest BCUT2D eigenvalue weighted by Gasteiger charge is 2.21. The highest BCUT2D eigenvalue weighted by atomic mass is 32.1. The van der Waals surface area contributed by atoms with Crippen molar-refractivity contribution >= 4 is 28.8 Å². The second-order valence-corrected chi connectivity index (χ2v) is 6.66. The number of benzene rings is 1. The van der Waals surface area contributed by atoms with Gasteiger partial charge in [-0.3, -0.25) is 9.59 Å². The first-order valence-electron chi connectivity index (χ1n) is 7.83. The van der Waals surface area contributed by atoms with Gasteiger partial charge in [0.1, 0.15) is 5.82 Å². The third-order valence-electron chi connectivity index (χ3n) is 3.86. The Labute approximate surface area is 142 Å². The highest BCUT2D eigenvalue weighted by Crippen LogP contribution is 2.19. The van der Waals surface area contributed by atoms with Crippen LogP contribution in [0.2, 0.25) is 0 Å². The number of hydrogen-bond acceptors (Lipinski definition) is 5. The molecule has 126 valence electrons. The number of anilines is 1. The Morgan fingerprint density at radius 1 is 1.00 bits per heavy atom. The zero-order chi connectivity index (χ0) is 16.9. The SMILES string of the molecule is O=C(Nc1ccc(F)cc1)c1nnc(C(=O)NC2CCCCC2)s1. The zero-order valence-electron chi connectivity index (χ0n) is 12.9. The average molecular weight is 348 g/mol. The van der Waals surface area contributed by atoms with Crippen molar-refractivity contribution in [3.8, 4) is 0 Å². The molecule has 1 aliphatic rings. The van der Waals surface area contributed by atoms with Crippen molar-refractivity contribution in [1.82, 2.24) is 15.5 Å². The van der Waals surface area contributed by atoms with Gasteiger partial charge in [0.05, 0.1) is 0 Å². The second kappa shape index (κ2) is 7.48. The fourth-order valence-electron chi connectivity index (χ4n) is 2.62. The van der Waals surface area contributed by atoms with E-state index in [2.05, 4.69) is 20.8 Å². The number of hydrogen-bond donors (Lipinski definition) is 2. The van der Waals surface area contributed by atoms with Crippen LogP contribution >= 0.6 is 11.3 Å². The van der Waals surface area contributed by atoms with E-state index >= 15 is 0 Å². The van der Waals surface area contributed by atoms with Gasteiger partial charge in [0.25, 0.3) is 11.8 Å². The van der Waals surface area contributed by atoms with Gasteiger partial charge in [0.2, 0.25) is 10.0 Å². The fourth-order valence-corrected chi connectivity index (χ4v) is 3.26. The van der Waals surface area contributed by atoms with Crippen LogP contribution < -0.4 is 10.6 Å². The van der Waals surface area contributed by atoms with Crippen molar-refractivity contribution < 1.29 is 14.0 Å². The minimum absolute atomic E-state index is 0.0909. The van der Waals surface area contributed by atoms with Crippen LogP contribution in [0.5, 0.6) is 0 Å². The second-order valence-electron chi connectivity index (χ2n) is 5.68. The Balaban J connectivity index is 1.60. The molecule has 1 aromatic carbocycles. The van der Waals surface area contributed by atoms with Crippen molar-refractivity contribution in [2.75, 3.05) is 5.32 Å². The summed E-state index contributed by atoms with van der Waals surface area (Å²) in [6.07, 6.45) is 5.39. The maximum Gasteiger partial charge on any atom is 0.286 e. The number of nitrogens with one attached hydrogen (secondary N) is 2. The van der Waals surface area contributed by atoms with Gasteiger partial charge in [0, 0.05) is 11.7 Å². The summed E-state index contributed by atoms with van der Waals surface area (Å²) in [7, 11) is 0. The molecule has 1 aliphatic carbocycles. The maximum atomic E-state index is 12.9. The summed E-state index contributed by atoms with van der Waals surface area (Å²) in [4.78, 5) is 24.3. The monoisotopic (exact) mass is 348 g/mol. The number of amides is 2. The Morgan fingerprint density at radius 3 is 2.29 bits per heavy atom. The summed E-state index contributed by atoms with van der Waals surface area (Å²) in [5.74, 6) is -1.15. The third kappa shape index (κ3) is 4.14. The Kier molecular flexibility index (Phi) is 5.14. The van der Waals surface area contributed by atoms with E-state index in [0.29, 0.717) is 5.69 Å². The van der Waals surface area contributed by atoms with Gasteiger partial charge in [-0.05, 0) is 37.1 Å². The van der Waals surface area contributed by atoms with E-state index in [-0.39, 0.29) is 27.8 Å². The molecular weight excluding hydrogens is 331 g/mol. The summed E-state index contributed by atoms with van der Waals surface area (Å²) in [5, 5.41) is 13.4. The van der Waals surface area contributed by atoms with E-state index in [4.69, 9.17) is 0 Å². The van der Waals surface area contributed by atoms with Gasteiger partial charge in [-0.2, -0.15) is 0 Å². The van der Waals surface area contributed by atoms with Crippen molar-refractivity contribution in [2.24, 2.45) is 0 Å². The molecule has 2 N–H and O–H groups in total. The molecule has 0 saturated heterocycles. The lowest BCUT2D eigenvalue weighted by Crippen LogP contribution is -2.36. The molecule has 1 aromatic heterocycles. The molecule has 0 atom stereocenters. The predicted octanol–water partition coefficient (Wildman–Crippen LogP) is 2.99. The van der Waals surface area contributed by atoms with E-state index in [1.165, 1.54) is 30.7 Å². The van der Waals surface area contributed by atoms with Gasteiger partial charge >= 0.3 is 0 Å². The minimum atomic E-state index is -0.476. The van der Waals surface area contributed by atoms with Crippen LogP contribution in [0.25, 0.3) is 0 Å². The van der Waals surface area contributed by atoms with Gasteiger partial charge in [0.15, 0.2) is 0 Å². The highest BCUT2D eigenvalue weighted by molar-refractivity contribution is 7.15. The molecule has 1 fully saturated rings. The van der Waals surface area contributed by atoms with Crippen LogP contribution in [0.1, 0.15) is 51.7 Å². The van der Waals surface area contributed by atoms with Crippen molar-refractivity contribution in [2.45, 2.75) is 38.1 Å². The van der Waals surface area contributed by atoms with E-state index < -0.39 is 5.91 Å². The van der Waals surface area contributed by atoms with Crippen LogP contribution in [-0.2, 0) is 0 Å². The van der Waals surface area contributed by atoms with E-state index in [0.717, 1.165) is 37.0 Å². The molecule has 0 aliphatic heterocycles. The molecule has 1 heterocycles. The Bertz CT molecular complexity index is 726. The average Bonchev–Trinajstić information content (AvgIpc) is 3.08. The van der Waals surface area contributed by atoms with Gasteiger partial charge in [-0.15, -0.1) is 10.2 Å². The number of aromatic nitrogens is 2. The van der Waals surface area contributed by atoms with Crippen molar-refractivity contribution in [3.63, 3.8) is 0 Å². The molecular formula is C16H17FN4O2S. The number of halogens is 1. The van der Waals surface area contributed by atoms with Crippen molar-refractivity contribution in [1.29, 1.82) is 0 Å². The molecule has 0 spiro atoms. The number of rotatable bonds is 4. The first-order chi connectivity index (χ1) is 11.6. The van der Waals surface area contributed by atoms with Crippen LogP contribution in [0.3, 0.4) is 0 Å². The molecule has 0 bridgehead atoms. The molecule has 1 saturated carbocycles. The molecule has 2 amide bonds. The third-order valence-corrected chi connectivity index (χ3v) is 4.78. The molecule has 0 unspecified atom stereocenters. The van der Waals surface area contributed by atoms with Gasteiger partial charge in [-0.1, -0.05) is 30.6 Å². The van der Waals surface area contributed by atoms with Crippen molar-refractivity contribution in [3.05, 3.63) is 40.1 Å². The first kappa shape index (κ1) is 16.5. The molecule has 24 heavy (non-hydrogen) atoms. The van der Waals surface area contributed by atoms with Gasteiger partial charge in [-0.25, -0.2) is 4.39 Å². The topological polar surface area (TPSA) is 84.0 Å². The number of nitrogens with zero attached hydrogens (tertiary/aromatic N) is 2. The fraction of sp³-hybridized carbons (Fsp3) is 0.375. The molecule has 6 nitrogen and oxygen atoms in total. The molecule has 3 rings (SSSR count). The lowest BCUT2D eigenvalue weighted by Gasteiger charge is -2.21. The quantitative estimate of drug-likeness (QED) is 0.890. The summed E-state index contributed by atoms with van der Waals surface area (Å²) in [5.41, 5.74) is 0.449. The first-order valence-corrected chi connectivity index (χ1v) is 8.65. The lowest BCUT2D eigenvalue weighted by molar-refractivity contribution is 0.0925.